The van der Waals surface area contributed by atoms with Crippen LogP contribution >= 0.6 is 23.2 Å². The van der Waals surface area contributed by atoms with Crippen LogP contribution in [-0.4, -0.2) is 79.1 Å². The van der Waals surface area contributed by atoms with E-state index >= 15 is 0 Å². The lowest BCUT2D eigenvalue weighted by molar-refractivity contribution is 0.109. The molecule has 1 aromatic carbocycles. The number of halogens is 2. The minimum absolute atomic E-state index is 0.0419. The van der Waals surface area contributed by atoms with Crippen LogP contribution in [-0.2, 0) is 10.0 Å². The van der Waals surface area contributed by atoms with Crippen molar-refractivity contribution >= 4 is 39.3 Å². The zero-order chi connectivity index (χ0) is 25.2. The van der Waals surface area contributed by atoms with Crippen LogP contribution in [0.15, 0.2) is 54.9 Å². The number of sulfonamides is 1. The molecule has 2 fully saturated rings. The number of piperidine rings is 1. The van der Waals surface area contributed by atoms with E-state index in [4.69, 9.17) is 27.9 Å². The molecule has 11 heteroatoms. The molecule has 3 heterocycles. The Balaban J connectivity index is 1.48. The minimum atomic E-state index is -3.26. The number of carbonyl (C=O) groups is 1. The topological polar surface area (TPSA) is 83.1 Å². The third-order valence-corrected chi connectivity index (χ3v) is 8.29. The molecule has 0 unspecified atom stereocenters. The summed E-state index contributed by atoms with van der Waals surface area (Å²) in [6.07, 6.45) is 3.38. The van der Waals surface area contributed by atoms with Crippen molar-refractivity contribution < 1.29 is 17.9 Å². The molecule has 2 aliphatic heterocycles. The van der Waals surface area contributed by atoms with Gasteiger partial charge < -0.3 is 14.5 Å². The summed E-state index contributed by atoms with van der Waals surface area (Å²) in [5.74, 6) is 0.895. The number of piperazine rings is 1. The first-order valence-corrected chi connectivity index (χ1v) is 13.9. The quantitative estimate of drug-likeness (QED) is 0.535. The van der Waals surface area contributed by atoms with Crippen molar-refractivity contribution in [3.63, 3.8) is 0 Å². The molecule has 2 aromatic rings. The molecule has 0 radical (unpaired) electrons. The molecule has 2 atom stereocenters. The maximum Gasteiger partial charge on any atom is 0.320 e. The van der Waals surface area contributed by atoms with E-state index in [1.54, 1.807) is 17.0 Å². The number of benzene rings is 1. The second-order valence-electron chi connectivity index (χ2n) is 8.81. The fourth-order valence-electron chi connectivity index (χ4n) is 4.60. The Morgan fingerprint density at radius 2 is 1.66 bits per heavy atom. The fraction of sp³-hybridized carbons (Fsp3) is 0.417. The summed E-state index contributed by atoms with van der Waals surface area (Å²) in [6.45, 7) is 6.55. The largest absolute Gasteiger partial charge is 0.444 e. The van der Waals surface area contributed by atoms with Crippen LogP contribution in [0.2, 0.25) is 10.0 Å². The van der Waals surface area contributed by atoms with Gasteiger partial charge in [-0.1, -0.05) is 41.9 Å². The first-order valence-electron chi connectivity index (χ1n) is 11.3. The molecule has 2 saturated heterocycles. The van der Waals surface area contributed by atoms with E-state index in [-0.39, 0.29) is 17.9 Å². The summed E-state index contributed by atoms with van der Waals surface area (Å²) in [6, 6.07) is 10.9. The van der Waals surface area contributed by atoms with E-state index in [2.05, 4.69) is 11.6 Å². The Labute approximate surface area is 216 Å². The highest BCUT2D eigenvalue weighted by atomic mass is 35.5. The molecule has 0 bridgehead atoms. The lowest BCUT2D eigenvalue weighted by atomic mass is 9.79. The molecular formula is C24H28Cl2N4O4S. The Bertz CT molecular complexity index is 1170. The second kappa shape index (κ2) is 10.7. The van der Waals surface area contributed by atoms with Crippen molar-refractivity contribution in [3.05, 3.63) is 70.5 Å². The van der Waals surface area contributed by atoms with E-state index < -0.39 is 10.0 Å². The Morgan fingerprint density at radius 3 is 2.26 bits per heavy atom. The van der Waals surface area contributed by atoms with Crippen LogP contribution in [0.1, 0.15) is 17.9 Å². The second-order valence-corrected chi connectivity index (χ2v) is 11.7. The number of ether oxygens (including phenoxy) is 1. The molecule has 0 N–H and O–H groups in total. The summed E-state index contributed by atoms with van der Waals surface area (Å²) in [4.78, 5) is 21.1. The number of pyridine rings is 1. The average Bonchev–Trinajstić information content (AvgIpc) is 2.84. The van der Waals surface area contributed by atoms with Gasteiger partial charge in [-0.05, 0) is 30.2 Å². The van der Waals surface area contributed by atoms with Crippen molar-refractivity contribution in [2.75, 3.05) is 45.5 Å². The molecular weight excluding hydrogens is 511 g/mol. The maximum absolute atomic E-state index is 13.3. The number of urea groups is 1. The number of allylic oxidation sites excluding steroid dienone is 1. The molecule has 0 aliphatic carbocycles. The van der Waals surface area contributed by atoms with Crippen molar-refractivity contribution in [1.29, 1.82) is 0 Å². The number of aromatic nitrogens is 1. The van der Waals surface area contributed by atoms with Gasteiger partial charge >= 0.3 is 6.03 Å². The van der Waals surface area contributed by atoms with Crippen LogP contribution in [0, 0.1) is 5.92 Å². The summed E-state index contributed by atoms with van der Waals surface area (Å²) in [5, 5.41) is 1.16. The molecule has 0 saturated carbocycles. The molecule has 2 amide bonds. The van der Waals surface area contributed by atoms with Crippen LogP contribution < -0.4 is 4.74 Å². The average molecular weight is 539 g/mol. The monoisotopic (exact) mass is 538 g/mol. The predicted molar refractivity (Wildman–Crippen MR) is 136 cm³/mol. The van der Waals surface area contributed by atoms with Gasteiger partial charge in [-0.25, -0.2) is 18.2 Å². The molecule has 0 spiro atoms. The lowest BCUT2D eigenvalue weighted by Crippen LogP contribution is -2.55. The zero-order valence-electron chi connectivity index (χ0n) is 19.4. The lowest BCUT2D eigenvalue weighted by Gasteiger charge is -2.42. The highest BCUT2D eigenvalue weighted by Gasteiger charge is 2.37. The summed E-state index contributed by atoms with van der Waals surface area (Å²) < 4.78 is 31.0. The van der Waals surface area contributed by atoms with Crippen molar-refractivity contribution in [1.82, 2.24) is 19.1 Å². The first-order chi connectivity index (χ1) is 16.6. The third kappa shape index (κ3) is 6.27. The maximum atomic E-state index is 13.3. The van der Waals surface area contributed by atoms with Gasteiger partial charge in [-0.15, -0.1) is 0 Å². The van der Waals surface area contributed by atoms with Gasteiger partial charge in [-0.2, -0.15) is 4.31 Å². The Kier molecular flexibility index (Phi) is 7.90. The van der Waals surface area contributed by atoms with Gasteiger partial charge in [0.05, 0.1) is 11.3 Å². The molecule has 4 rings (SSSR count). The van der Waals surface area contributed by atoms with E-state index in [0.29, 0.717) is 67.4 Å². The standard InChI is InChI=1S/C24H28Cl2N4O4S/c1-17(34-23-8-7-20(26)15-27-23)21-9-10-29(16-22(21)18-3-5-19(25)6-4-18)24(31)28-11-13-30(14-12-28)35(2,32)33/h3-8,15,21-22H,1,9-14,16H2,2H3/t21-,22-/m1/s1. The zero-order valence-corrected chi connectivity index (χ0v) is 21.8. The number of rotatable bonds is 5. The van der Waals surface area contributed by atoms with Crippen molar-refractivity contribution in [2.24, 2.45) is 5.92 Å². The van der Waals surface area contributed by atoms with Crippen molar-refractivity contribution in [2.45, 2.75) is 12.3 Å². The van der Waals surface area contributed by atoms with E-state index in [9.17, 15) is 13.2 Å². The smallest absolute Gasteiger partial charge is 0.320 e. The number of nitrogens with zero attached hydrogens (tertiary/aromatic N) is 4. The van der Waals surface area contributed by atoms with Crippen molar-refractivity contribution in [3.8, 4) is 5.88 Å². The van der Waals surface area contributed by atoms with Crippen LogP contribution in [0.5, 0.6) is 5.88 Å². The third-order valence-electron chi connectivity index (χ3n) is 6.51. The molecule has 1 aromatic heterocycles. The number of carbonyl (C=O) groups excluding carboxylic acids is 1. The number of likely N-dealkylation sites (tertiary alicyclic amines) is 1. The molecule has 35 heavy (non-hydrogen) atoms. The van der Waals surface area contributed by atoms with Gasteiger partial charge in [0.2, 0.25) is 15.9 Å². The van der Waals surface area contributed by atoms with E-state index in [1.807, 2.05) is 29.2 Å². The number of amides is 2. The predicted octanol–water partition coefficient (Wildman–Crippen LogP) is 4.08. The highest BCUT2D eigenvalue weighted by Crippen LogP contribution is 2.38. The highest BCUT2D eigenvalue weighted by molar-refractivity contribution is 7.88. The van der Waals surface area contributed by atoms with Crippen LogP contribution in [0.3, 0.4) is 0 Å². The Hall–Kier alpha value is -2.33. The van der Waals surface area contributed by atoms with E-state index in [0.717, 1.165) is 5.56 Å². The van der Waals surface area contributed by atoms with Crippen LogP contribution in [0.25, 0.3) is 0 Å². The summed E-state index contributed by atoms with van der Waals surface area (Å²) in [5.41, 5.74) is 1.03. The van der Waals surface area contributed by atoms with Gasteiger partial charge in [0, 0.05) is 68.4 Å². The normalized spacial score (nSPS) is 21.6. The SMILES string of the molecule is C=C(Oc1ccc(Cl)cn1)[C@H]1CCN(C(=O)N2CCN(S(C)(=O)=O)CC2)C[C@@H]1c1ccc(Cl)cc1. The number of hydrogen-bond acceptors (Lipinski definition) is 5. The van der Waals surface area contributed by atoms with Gasteiger partial charge in [0.25, 0.3) is 0 Å². The van der Waals surface area contributed by atoms with Gasteiger partial charge in [-0.3, -0.25) is 0 Å². The summed E-state index contributed by atoms with van der Waals surface area (Å²) in [7, 11) is -3.26. The molecule has 188 valence electrons. The number of hydrogen-bond donors (Lipinski definition) is 0. The Morgan fingerprint density at radius 1 is 1.00 bits per heavy atom. The summed E-state index contributed by atoms with van der Waals surface area (Å²) >= 11 is 12.0. The van der Waals surface area contributed by atoms with E-state index in [1.165, 1.54) is 16.8 Å². The fourth-order valence-corrected chi connectivity index (χ4v) is 5.67. The van der Waals surface area contributed by atoms with Crippen LogP contribution in [0.4, 0.5) is 4.79 Å². The van der Waals surface area contributed by atoms with Gasteiger partial charge in [0.15, 0.2) is 0 Å². The first kappa shape index (κ1) is 25.8. The van der Waals surface area contributed by atoms with Gasteiger partial charge in [0.1, 0.15) is 5.76 Å². The molecule has 8 nitrogen and oxygen atoms in total. The minimum Gasteiger partial charge on any atom is -0.444 e. The molecule has 2 aliphatic rings.